The number of guanidine groups is 1. The molecule has 0 spiro atoms. The van der Waals surface area contributed by atoms with Crippen molar-refractivity contribution in [2.24, 2.45) is 10.7 Å². The average Bonchev–Trinajstić information content (AvgIpc) is 3.03. The zero-order chi connectivity index (χ0) is 23.8. The molecular formula is C24H23N3O5S. The van der Waals surface area contributed by atoms with E-state index in [1.165, 1.54) is 4.90 Å². The molecule has 0 saturated heterocycles. The Morgan fingerprint density at radius 3 is 2.21 bits per heavy atom. The van der Waals surface area contributed by atoms with Crippen molar-refractivity contribution in [3.63, 3.8) is 0 Å². The van der Waals surface area contributed by atoms with Crippen molar-refractivity contribution >= 4 is 22.0 Å². The molecule has 1 aliphatic heterocycles. The van der Waals surface area contributed by atoms with Gasteiger partial charge in [-0.1, -0.05) is 54.6 Å². The Bertz CT molecular complexity index is 1350. The fourth-order valence-corrected chi connectivity index (χ4v) is 4.58. The predicted molar refractivity (Wildman–Crippen MR) is 125 cm³/mol. The summed E-state index contributed by atoms with van der Waals surface area (Å²) in [7, 11) is -1.02. The maximum absolute atomic E-state index is 13.5. The number of rotatable bonds is 6. The molecule has 3 aromatic rings. The summed E-state index contributed by atoms with van der Waals surface area (Å²) in [5.41, 5.74) is 7.92. The number of nitrogens with zero attached hydrogens (tertiary/aromatic N) is 2. The van der Waals surface area contributed by atoms with E-state index in [1.54, 1.807) is 38.4 Å². The van der Waals surface area contributed by atoms with E-state index in [0.717, 1.165) is 11.1 Å². The van der Waals surface area contributed by atoms with Gasteiger partial charge in [0, 0.05) is 7.05 Å². The minimum absolute atomic E-state index is 0.0776. The number of ether oxygens (including phenoxy) is 1. The SMILES string of the molecule is COc1cccc(-c2cccc([C@]3(c4ccc(CS(=O)(=O)O)cc4)N=C(N)N(C)C3=O)c2)c1. The van der Waals surface area contributed by atoms with E-state index in [1.807, 2.05) is 48.5 Å². The number of nitrogens with two attached hydrogens (primary N) is 1. The number of benzene rings is 3. The van der Waals surface area contributed by atoms with Gasteiger partial charge in [-0.05, 0) is 46.0 Å². The molecule has 1 amide bonds. The molecule has 0 aliphatic carbocycles. The van der Waals surface area contributed by atoms with Crippen LogP contribution in [0.4, 0.5) is 0 Å². The third-order valence-corrected chi connectivity index (χ3v) is 6.34. The number of carbonyl (C=O) groups excluding carboxylic acids is 1. The molecular weight excluding hydrogens is 442 g/mol. The lowest BCUT2D eigenvalue weighted by Gasteiger charge is -2.26. The van der Waals surface area contributed by atoms with Crippen molar-refractivity contribution in [3.8, 4) is 16.9 Å². The van der Waals surface area contributed by atoms with E-state index in [4.69, 9.17) is 15.0 Å². The highest BCUT2D eigenvalue weighted by Gasteiger charge is 2.49. The van der Waals surface area contributed by atoms with Gasteiger partial charge in [-0.15, -0.1) is 0 Å². The number of likely N-dealkylation sites (N-methyl/N-ethyl adjacent to an activating group) is 1. The standard InChI is InChI=1S/C24H23N3O5S/c1-27-22(28)24(26-23(27)25,19-11-9-16(10-12-19)15-33(29,30)31)20-7-3-5-17(13-20)18-6-4-8-21(14-18)32-2/h3-14H,15H2,1-2H3,(H2,25,26)(H,29,30,31)/t24-/m0/s1. The third kappa shape index (κ3) is 4.20. The van der Waals surface area contributed by atoms with Crippen LogP contribution in [0.25, 0.3) is 11.1 Å². The van der Waals surface area contributed by atoms with Crippen molar-refractivity contribution in [1.29, 1.82) is 0 Å². The molecule has 8 nitrogen and oxygen atoms in total. The molecule has 0 saturated carbocycles. The number of methoxy groups -OCH3 is 1. The van der Waals surface area contributed by atoms with Gasteiger partial charge in [0.2, 0.25) is 0 Å². The Hall–Kier alpha value is -3.69. The van der Waals surface area contributed by atoms with Crippen LogP contribution in [0.3, 0.4) is 0 Å². The second-order valence-corrected chi connectivity index (χ2v) is 9.23. The summed E-state index contributed by atoms with van der Waals surface area (Å²) in [5.74, 6) is -0.0645. The lowest BCUT2D eigenvalue weighted by Crippen LogP contribution is -2.41. The van der Waals surface area contributed by atoms with Gasteiger partial charge in [-0.25, -0.2) is 4.99 Å². The first-order chi connectivity index (χ1) is 15.6. The van der Waals surface area contributed by atoms with E-state index in [0.29, 0.717) is 22.4 Å². The number of amides is 1. The Kier molecular flexibility index (Phi) is 5.69. The molecule has 3 N–H and O–H groups in total. The Morgan fingerprint density at radius 2 is 1.64 bits per heavy atom. The molecule has 0 radical (unpaired) electrons. The van der Waals surface area contributed by atoms with Crippen LogP contribution < -0.4 is 10.5 Å². The molecule has 0 aromatic heterocycles. The van der Waals surface area contributed by atoms with Gasteiger partial charge >= 0.3 is 0 Å². The fraction of sp³-hybridized carbons (Fsp3) is 0.167. The molecule has 3 aromatic carbocycles. The molecule has 0 bridgehead atoms. The Balaban J connectivity index is 1.85. The highest BCUT2D eigenvalue weighted by molar-refractivity contribution is 7.85. The van der Waals surface area contributed by atoms with Gasteiger partial charge in [0.05, 0.1) is 7.11 Å². The summed E-state index contributed by atoms with van der Waals surface area (Å²) in [4.78, 5) is 19.3. The van der Waals surface area contributed by atoms with Gasteiger partial charge in [0.15, 0.2) is 11.5 Å². The van der Waals surface area contributed by atoms with Gasteiger partial charge in [-0.3, -0.25) is 14.2 Å². The molecule has 4 rings (SSSR count). The molecule has 1 atom stereocenters. The van der Waals surface area contributed by atoms with E-state index in [-0.39, 0.29) is 11.9 Å². The lowest BCUT2D eigenvalue weighted by molar-refractivity contribution is -0.129. The predicted octanol–water partition coefficient (Wildman–Crippen LogP) is 2.78. The van der Waals surface area contributed by atoms with Crippen LogP contribution in [-0.2, 0) is 26.2 Å². The van der Waals surface area contributed by atoms with Crippen molar-refractivity contribution in [2.45, 2.75) is 11.3 Å². The maximum atomic E-state index is 13.5. The second-order valence-electron chi connectivity index (χ2n) is 7.78. The normalized spacial score (nSPS) is 18.3. The van der Waals surface area contributed by atoms with Crippen LogP contribution in [0.5, 0.6) is 5.75 Å². The fourth-order valence-electron chi connectivity index (χ4n) is 3.96. The largest absolute Gasteiger partial charge is 0.497 e. The van der Waals surface area contributed by atoms with Crippen LogP contribution in [0.2, 0.25) is 0 Å². The van der Waals surface area contributed by atoms with Crippen LogP contribution in [0.15, 0.2) is 77.8 Å². The summed E-state index contributed by atoms with van der Waals surface area (Å²) in [6.45, 7) is 0. The van der Waals surface area contributed by atoms with Crippen molar-refractivity contribution in [1.82, 2.24) is 4.90 Å². The van der Waals surface area contributed by atoms with Crippen LogP contribution in [0, 0.1) is 0 Å². The van der Waals surface area contributed by atoms with E-state index < -0.39 is 21.4 Å². The Labute approximate surface area is 192 Å². The monoisotopic (exact) mass is 465 g/mol. The first kappa shape index (κ1) is 22.5. The van der Waals surface area contributed by atoms with E-state index in [2.05, 4.69) is 4.99 Å². The molecule has 9 heteroatoms. The molecule has 0 fully saturated rings. The van der Waals surface area contributed by atoms with Gasteiger partial charge in [0.1, 0.15) is 11.5 Å². The smallest absolute Gasteiger partial charge is 0.269 e. The van der Waals surface area contributed by atoms with Crippen molar-refractivity contribution in [3.05, 3.63) is 89.5 Å². The van der Waals surface area contributed by atoms with Crippen LogP contribution in [-0.4, -0.2) is 43.9 Å². The molecule has 33 heavy (non-hydrogen) atoms. The summed E-state index contributed by atoms with van der Waals surface area (Å²) in [5, 5.41) is 0. The quantitative estimate of drug-likeness (QED) is 0.540. The zero-order valence-corrected chi connectivity index (χ0v) is 18.9. The Morgan fingerprint density at radius 1 is 1.00 bits per heavy atom. The second kappa shape index (κ2) is 8.34. The number of aliphatic imine (C=N–C) groups is 1. The highest BCUT2D eigenvalue weighted by atomic mass is 32.2. The van der Waals surface area contributed by atoms with E-state index in [9.17, 15) is 13.2 Å². The van der Waals surface area contributed by atoms with Gasteiger partial charge < -0.3 is 10.5 Å². The molecule has 1 aliphatic rings. The minimum Gasteiger partial charge on any atom is -0.497 e. The summed E-state index contributed by atoms with van der Waals surface area (Å²) in [6.07, 6.45) is 0. The number of carbonyl (C=O) groups is 1. The summed E-state index contributed by atoms with van der Waals surface area (Å²) < 4.78 is 36.9. The summed E-state index contributed by atoms with van der Waals surface area (Å²) in [6, 6.07) is 21.4. The molecule has 170 valence electrons. The average molecular weight is 466 g/mol. The van der Waals surface area contributed by atoms with Crippen molar-refractivity contribution < 1.29 is 22.5 Å². The van der Waals surface area contributed by atoms with Crippen LogP contribution >= 0.6 is 0 Å². The van der Waals surface area contributed by atoms with Crippen molar-refractivity contribution in [2.75, 3.05) is 14.2 Å². The number of hydrogen-bond donors (Lipinski definition) is 2. The van der Waals surface area contributed by atoms with Crippen LogP contribution in [0.1, 0.15) is 16.7 Å². The van der Waals surface area contributed by atoms with E-state index >= 15 is 0 Å². The minimum atomic E-state index is -4.18. The molecule has 0 unspecified atom stereocenters. The van der Waals surface area contributed by atoms with Gasteiger partial charge in [0.25, 0.3) is 16.0 Å². The highest BCUT2D eigenvalue weighted by Crippen LogP contribution is 2.40. The first-order valence-electron chi connectivity index (χ1n) is 10.1. The number of hydrogen-bond acceptors (Lipinski definition) is 6. The first-order valence-corrected chi connectivity index (χ1v) is 11.7. The topological polar surface area (TPSA) is 122 Å². The summed E-state index contributed by atoms with van der Waals surface area (Å²) >= 11 is 0. The molecule has 1 heterocycles. The van der Waals surface area contributed by atoms with Gasteiger partial charge in [-0.2, -0.15) is 8.42 Å². The zero-order valence-electron chi connectivity index (χ0n) is 18.1. The maximum Gasteiger partial charge on any atom is 0.269 e. The lowest BCUT2D eigenvalue weighted by atomic mass is 9.81. The third-order valence-electron chi connectivity index (χ3n) is 5.64.